The first-order valence-electron chi connectivity index (χ1n) is 9.29. The predicted octanol–water partition coefficient (Wildman–Crippen LogP) is 3.49. The molecule has 4 nitrogen and oxygen atoms in total. The minimum atomic E-state index is -4.32. The molecule has 1 aliphatic heterocycles. The second-order valence-corrected chi connectivity index (χ2v) is 7.20. The molecule has 28 heavy (non-hydrogen) atoms. The molecule has 1 heterocycles. The van der Waals surface area contributed by atoms with E-state index in [1.165, 1.54) is 12.1 Å². The summed E-state index contributed by atoms with van der Waals surface area (Å²) < 4.78 is 37.9. The van der Waals surface area contributed by atoms with Crippen LogP contribution in [0.25, 0.3) is 0 Å². The van der Waals surface area contributed by atoms with Crippen LogP contribution in [-0.4, -0.2) is 29.9 Å². The first kappa shape index (κ1) is 20.4. The molecule has 2 unspecified atom stereocenters. The van der Waals surface area contributed by atoms with Crippen LogP contribution in [0.3, 0.4) is 0 Å². The molecule has 1 amide bonds. The molecule has 0 bridgehead atoms. The molecular weight excluding hydrogens is 367 g/mol. The Morgan fingerprint density at radius 2 is 1.82 bits per heavy atom. The van der Waals surface area contributed by atoms with Crippen LogP contribution in [0.5, 0.6) is 0 Å². The van der Waals surface area contributed by atoms with Gasteiger partial charge < -0.3 is 11.1 Å². The fourth-order valence-electron chi connectivity index (χ4n) is 3.46. The van der Waals surface area contributed by atoms with E-state index in [-0.39, 0.29) is 24.4 Å². The zero-order valence-electron chi connectivity index (χ0n) is 15.5. The Kier molecular flexibility index (Phi) is 6.36. The lowest BCUT2D eigenvalue weighted by atomic mass is 10.0. The van der Waals surface area contributed by atoms with Crippen LogP contribution in [0.15, 0.2) is 54.6 Å². The van der Waals surface area contributed by atoms with Crippen LogP contribution < -0.4 is 11.1 Å². The summed E-state index contributed by atoms with van der Waals surface area (Å²) in [4.78, 5) is 14.4. The fraction of sp³-hybridized carbons (Fsp3) is 0.381. The third kappa shape index (κ3) is 5.56. The van der Waals surface area contributed by atoms with Gasteiger partial charge in [0.05, 0.1) is 5.56 Å². The number of carbonyl (C=O) groups is 1. The number of halogens is 3. The molecule has 7 heteroatoms. The van der Waals surface area contributed by atoms with Crippen LogP contribution in [0.4, 0.5) is 13.2 Å². The predicted molar refractivity (Wildman–Crippen MR) is 101 cm³/mol. The molecule has 0 spiro atoms. The van der Waals surface area contributed by atoms with Crippen LogP contribution in [0.2, 0.25) is 0 Å². The highest BCUT2D eigenvalue weighted by Crippen LogP contribution is 2.29. The summed E-state index contributed by atoms with van der Waals surface area (Å²) in [6.07, 6.45) is -3.28. The average Bonchev–Trinajstić information content (AvgIpc) is 3.08. The third-order valence-corrected chi connectivity index (χ3v) is 4.96. The molecule has 1 saturated heterocycles. The van der Waals surface area contributed by atoms with Gasteiger partial charge in [-0.3, -0.25) is 9.69 Å². The van der Waals surface area contributed by atoms with Crippen molar-refractivity contribution >= 4 is 5.91 Å². The first-order chi connectivity index (χ1) is 13.3. The highest BCUT2D eigenvalue weighted by Gasteiger charge is 2.30. The number of benzene rings is 2. The Morgan fingerprint density at radius 3 is 2.46 bits per heavy atom. The molecule has 0 aromatic heterocycles. The van der Waals surface area contributed by atoms with Gasteiger partial charge in [-0.05, 0) is 29.7 Å². The highest BCUT2D eigenvalue weighted by atomic mass is 19.4. The fourth-order valence-corrected chi connectivity index (χ4v) is 3.46. The van der Waals surface area contributed by atoms with Gasteiger partial charge in [0.1, 0.15) is 0 Å². The van der Waals surface area contributed by atoms with E-state index >= 15 is 0 Å². The first-order valence-corrected chi connectivity index (χ1v) is 9.29. The largest absolute Gasteiger partial charge is 0.416 e. The monoisotopic (exact) mass is 391 g/mol. The number of nitrogens with zero attached hydrogens (tertiary/aromatic N) is 1. The number of rotatable bonds is 6. The number of carbonyl (C=O) groups excluding carboxylic acids is 1. The molecule has 2 atom stereocenters. The minimum Gasteiger partial charge on any atom is -0.352 e. The number of nitrogens with one attached hydrogen (secondary N) is 1. The lowest BCUT2D eigenvalue weighted by Crippen LogP contribution is -2.38. The zero-order valence-corrected chi connectivity index (χ0v) is 15.5. The van der Waals surface area contributed by atoms with Crippen molar-refractivity contribution < 1.29 is 18.0 Å². The Bertz CT molecular complexity index is 778. The smallest absolute Gasteiger partial charge is 0.352 e. The SMILES string of the molecule is NC(CC(=O)NC1CCN(Cc2ccc(C(F)(F)F)cc2)C1)c1ccccc1. The standard InChI is InChI=1S/C21H24F3N3O/c22-21(23,24)17-8-6-15(7-9-17)13-27-11-10-18(14-27)26-20(28)12-19(25)16-4-2-1-3-5-16/h1-9,18-19H,10-14,25H2,(H,26,28). The van der Waals surface area contributed by atoms with Gasteiger partial charge in [0.2, 0.25) is 5.91 Å². The molecule has 2 aromatic carbocycles. The van der Waals surface area contributed by atoms with E-state index in [0.717, 1.165) is 36.2 Å². The molecule has 0 aliphatic carbocycles. The van der Waals surface area contributed by atoms with Gasteiger partial charge in [-0.15, -0.1) is 0 Å². The van der Waals surface area contributed by atoms with Crippen LogP contribution >= 0.6 is 0 Å². The van der Waals surface area contributed by atoms with Crippen molar-refractivity contribution in [3.05, 3.63) is 71.3 Å². The normalized spacial score (nSPS) is 18.8. The van der Waals surface area contributed by atoms with Crippen molar-refractivity contribution in [2.75, 3.05) is 13.1 Å². The molecule has 0 radical (unpaired) electrons. The summed E-state index contributed by atoms with van der Waals surface area (Å²) in [5.74, 6) is -0.0854. The second kappa shape index (κ2) is 8.75. The molecule has 1 aliphatic rings. The van der Waals surface area contributed by atoms with Gasteiger partial charge in [0, 0.05) is 38.1 Å². The molecular formula is C21H24F3N3O. The third-order valence-electron chi connectivity index (χ3n) is 4.96. The number of hydrogen-bond acceptors (Lipinski definition) is 3. The van der Waals surface area contributed by atoms with E-state index in [0.29, 0.717) is 13.1 Å². The van der Waals surface area contributed by atoms with Gasteiger partial charge in [-0.25, -0.2) is 0 Å². The number of nitrogens with two attached hydrogens (primary N) is 1. The van der Waals surface area contributed by atoms with E-state index in [4.69, 9.17) is 5.73 Å². The molecule has 2 aromatic rings. The lowest BCUT2D eigenvalue weighted by Gasteiger charge is -2.18. The topological polar surface area (TPSA) is 58.4 Å². The van der Waals surface area contributed by atoms with Crippen molar-refractivity contribution in [2.45, 2.75) is 37.6 Å². The van der Waals surface area contributed by atoms with E-state index in [1.54, 1.807) is 0 Å². The maximum atomic E-state index is 12.6. The van der Waals surface area contributed by atoms with E-state index in [9.17, 15) is 18.0 Å². The quantitative estimate of drug-likeness (QED) is 0.793. The van der Waals surface area contributed by atoms with Crippen molar-refractivity contribution in [1.82, 2.24) is 10.2 Å². The summed E-state index contributed by atoms with van der Waals surface area (Å²) in [6.45, 7) is 2.03. The van der Waals surface area contributed by atoms with Gasteiger partial charge in [-0.2, -0.15) is 13.2 Å². The summed E-state index contributed by atoms with van der Waals surface area (Å²) in [5.41, 5.74) is 7.20. The zero-order chi connectivity index (χ0) is 20.1. The summed E-state index contributed by atoms with van der Waals surface area (Å²) in [7, 11) is 0. The maximum absolute atomic E-state index is 12.6. The highest BCUT2D eigenvalue weighted by molar-refractivity contribution is 5.77. The molecule has 3 rings (SSSR count). The molecule has 150 valence electrons. The molecule has 0 saturated carbocycles. The van der Waals surface area contributed by atoms with Crippen LogP contribution in [-0.2, 0) is 17.5 Å². The lowest BCUT2D eigenvalue weighted by molar-refractivity contribution is -0.137. The van der Waals surface area contributed by atoms with E-state index in [1.807, 2.05) is 30.3 Å². The summed E-state index contributed by atoms with van der Waals surface area (Å²) in [5, 5.41) is 3.01. The Balaban J connectivity index is 1.45. The van der Waals surface area contributed by atoms with Crippen LogP contribution in [0.1, 0.15) is 35.6 Å². The van der Waals surface area contributed by atoms with Gasteiger partial charge in [0.25, 0.3) is 0 Å². The van der Waals surface area contributed by atoms with Gasteiger partial charge in [-0.1, -0.05) is 42.5 Å². The van der Waals surface area contributed by atoms with Crippen LogP contribution in [0, 0.1) is 0 Å². The number of likely N-dealkylation sites (tertiary alicyclic amines) is 1. The van der Waals surface area contributed by atoms with E-state index in [2.05, 4.69) is 10.2 Å². The minimum absolute atomic E-state index is 0.0323. The Labute approximate surface area is 162 Å². The van der Waals surface area contributed by atoms with Crippen molar-refractivity contribution in [3.8, 4) is 0 Å². The maximum Gasteiger partial charge on any atom is 0.416 e. The summed E-state index contributed by atoms with van der Waals surface area (Å²) >= 11 is 0. The molecule has 1 fully saturated rings. The Morgan fingerprint density at radius 1 is 1.14 bits per heavy atom. The molecule has 3 N–H and O–H groups in total. The number of amides is 1. The number of hydrogen-bond donors (Lipinski definition) is 2. The van der Waals surface area contributed by atoms with E-state index < -0.39 is 11.7 Å². The Hall–Kier alpha value is -2.38. The van der Waals surface area contributed by atoms with Gasteiger partial charge in [0.15, 0.2) is 0 Å². The van der Waals surface area contributed by atoms with Crippen molar-refractivity contribution in [2.24, 2.45) is 5.73 Å². The van der Waals surface area contributed by atoms with Crippen molar-refractivity contribution in [1.29, 1.82) is 0 Å². The average molecular weight is 391 g/mol. The second-order valence-electron chi connectivity index (χ2n) is 7.20. The van der Waals surface area contributed by atoms with Crippen molar-refractivity contribution in [3.63, 3.8) is 0 Å². The van der Waals surface area contributed by atoms with Gasteiger partial charge >= 0.3 is 6.18 Å². The number of alkyl halides is 3. The summed E-state index contributed by atoms with van der Waals surface area (Å²) in [6, 6.07) is 14.4.